The molecule has 0 aromatic carbocycles. The van der Waals surface area contributed by atoms with Gasteiger partial charge in [-0.1, -0.05) is 0 Å². The molecule has 0 aromatic rings. The summed E-state index contributed by atoms with van der Waals surface area (Å²) in [5, 5.41) is 10.4. The average Bonchev–Trinajstić information content (AvgIpc) is 3.50. The van der Waals surface area contributed by atoms with Gasteiger partial charge in [0.1, 0.15) is 0 Å². The summed E-state index contributed by atoms with van der Waals surface area (Å²) >= 11 is 0. The fourth-order valence-electron chi connectivity index (χ4n) is 4.13. The molecule has 1 N–H and O–H groups in total. The fourth-order valence-corrected chi connectivity index (χ4v) is 6.76. The van der Waals surface area contributed by atoms with Gasteiger partial charge in [0.25, 0.3) is 37.1 Å². The highest BCUT2D eigenvalue weighted by molar-refractivity contribution is 7.56. The molecule has 15 nitrogen and oxygen atoms in total. The van der Waals surface area contributed by atoms with Gasteiger partial charge in [-0.05, 0) is 21.1 Å². The first-order chi connectivity index (χ1) is 17.9. The molecule has 38 heavy (non-hydrogen) atoms. The third-order valence-electron chi connectivity index (χ3n) is 6.40. The van der Waals surface area contributed by atoms with Crippen molar-refractivity contribution in [2.24, 2.45) is 0 Å². The number of carbonyl (C=O) groups excluding carboxylic acids is 6. The van der Waals surface area contributed by atoms with Crippen molar-refractivity contribution >= 4 is 43.1 Å². The molecule has 0 radical (unpaired) electrons. The maximum absolute atomic E-state index is 14.4. The smallest absolute Gasteiger partial charge is 0.333 e. The van der Waals surface area contributed by atoms with Gasteiger partial charge >= 0.3 is 5.97 Å². The predicted molar refractivity (Wildman–Crippen MR) is 130 cm³/mol. The van der Waals surface area contributed by atoms with Crippen LogP contribution in [0, 0.1) is 0 Å². The van der Waals surface area contributed by atoms with Crippen LogP contribution in [0.1, 0.15) is 19.3 Å². The summed E-state index contributed by atoms with van der Waals surface area (Å²) in [6.45, 7) is -0.136. The molecule has 0 saturated carbocycles. The van der Waals surface area contributed by atoms with Crippen molar-refractivity contribution < 1.29 is 43.3 Å². The third kappa shape index (κ3) is 6.25. The van der Waals surface area contributed by atoms with E-state index in [1.807, 2.05) is 0 Å². The first-order valence-corrected chi connectivity index (χ1v) is 13.5. The first kappa shape index (κ1) is 29.3. The molecule has 1 fully saturated rings. The molecule has 1 atom stereocenters. The summed E-state index contributed by atoms with van der Waals surface area (Å²) in [7, 11) is 0.871. The Hall–Kier alpha value is -3.23. The van der Waals surface area contributed by atoms with E-state index in [-0.39, 0.29) is 52.0 Å². The number of aliphatic hydroxyl groups is 1. The van der Waals surface area contributed by atoms with E-state index in [2.05, 4.69) is 0 Å². The van der Waals surface area contributed by atoms with Gasteiger partial charge < -0.3 is 9.94 Å². The maximum atomic E-state index is 14.4. The van der Waals surface area contributed by atoms with Gasteiger partial charge in [0.2, 0.25) is 0 Å². The van der Waals surface area contributed by atoms with Crippen LogP contribution in [0.5, 0.6) is 0 Å². The Morgan fingerprint density at radius 3 is 1.68 bits per heavy atom. The molecular formula is C22H31N6O9P. The van der Waals surface area contributed by atoms with Crippen molar-refractivity contribution in [1.29, 1.82) is 0 Å². The zero-order valence-corrected chi connectivity index (χ0v) is 22.3. The fraction of sp³-hybridized carbons (Fsp3) is 0.545. The van der Waals surface area contributed by atoms with Crippen LogP contribution < -0.4 is 0 Å². The summed E-state index contributed by atoms with van der Waals surface area (Å²) in [5.41, 5.74) is 0. The zero-order valence-electron chi connectivity index (χ0n) is 21.4. The van der Waals surface area contributed by atoms with E-state index in [1.165, 1.54) is 35.2 Å². The lowest BCUT2D eigenvalue weighted by atomic mass is 10.4. The molecule has 0 spiro atoms. The average molecular weight is 554 g/mol. The van der Waals surface area contributed by atoms with E-state index in [0.717, 1.165) is 34.1 Å². The van der Waals surface area contributed by atoms with Gasteiger partial charge in [0, 0.05) is 69.9 Å². The van der Waals surface area contributed by atoms with Crippen molar-refractivity contribution in [2.75, 3.05) is 53.9 Å². The van der Waals surface area contributed by atoms with Crippen molar-refractivity contribution in [1.82, 2.24) is 28.9 Å². The summed E-state index contributed by atoms with van der Waals surface area (Å²) in [6.07, 6.45) is 3.28. The van der Waals surface area contributed by atoms with Crippen molar-refractivity contribution in [3.05, 3.63) is 24.3 Å². The minimum Gasteiger partial charge on any atom is -0.370 e. The molecule has 3 aliphatic rings. The van der Waals surface area contributed by atoms with Crippen LogP contribution in [-0.2, 0) is 38.2 Å². The molecule has 0 aromatic heterocycles. The van der Waals surface area contributed by atoms with Crippen LogP contribution in [0.3, 0.4) is 0 Å². The second kappa shape index (κ2) is 12.1. The van der Waals surface area contributed by atoms with Gasteiger partial charge in [-0.2, -0.15) is 0 Å². The Morgan fingerprint density at radius 2 is 1.29 bits per heavy atom. The number of hydroxylamine groups is 2. The highest BCUT2D eigenvalue weighted by Crippen LogP contribution is 2.53. The normalized spacial score (nSPS) is 20.0. The monoisotopic (exact) mass is 554 g/mol. The minimum atomic E-state index is -3.68. The van der Waals surface area contributed by atoms with Crippen molar-refractivity contribution in [3.63, 3.8) is 0 Å². The van der Waals surface area contributed by atoms with Gasteiger partial charge in [0.05, 0.1) is 6.42 Å². The molecule has 3 aliphatic heterocycles. The predicted octanol–water partition coefficient (Wildman–Crippen LogP) is -1.47. The maximum Gasteiger partial charge on any atom is 0.333 e. The topological polar surface area (TPSA) is 168 Å². The Kier molecular flexibility index (Phi) is 9.33. The zero-order chi connectivity index (χ0) is 28.2. The van der Waals surface area contributed by atoms with E-state index >= 15 is 0 Å². The van der Waals surface area contributed by atoms with E-state index in [0.29, 0.717) is 5.06 Å². The summed E-state index contributed by atoms with van der Waals surface area (Å²) < 4.78 is 18.7. The minimum absolute atomic E-state index is 0.0210. The number of likely N-dealkylation sites (N-methyl/N-ethyl adjacent to an activating group) is 2. The molecule has 0 bridgehead atoms. The van der Waals surface area contributed by atoms with Gasteiger partial charge in [0.15, 0.2) is 6.23 Å². The van der Waals surface area contributed by atoms with Crippen molar-refractivity contribution in [2.45, 2.75) is 25.5 Å². The number of amides is 5. The lowest BCUT2D eigenvalue weighted by Crippen LogP contribution is -2.44. The molecule has 0 aliphatic carbocycles. The first-order valence-electron chi connectivity index (χ1n) is 11.9. The Labute approximate surface area is 219 Å². The molecule has 3 heterocycles. The summed E-state index contributed by atoms with van der Waals surface area (Å²) in [5.74, 6) is -3.29. The molecule has 16 heteroatoms. The van der Waals surface area contributed by atoms with E-state index in [1.54, 1.807) is 0 Å². The highest BCUT2D eigenvalue weighted by Gasteiger charge is 2.39. The number of aliphatic hydroxyl groups excluding tert-OH is 1. The van der Waals surface area contributed by atoms with Gasteiger partial charge in [-0.25, -0.2) is 18.8 Å². The van der Waals surface area contributed by atoms with Crippen LogP contribution in [0.2, 0.25) is 0 Å². The van der Waals surface area contributed by atoms with Crippen LogP contribution in [0.15, 0.2) is 24.3 Å². The molecule has 5 amide bonds. The van der Waals surface area contributed by atoms with Crippen LogP contribution in [0.25, 0.3) is 0 Å². The molecule has 1 unspecified atom stereocenters. The van der Waals surface area contributed by atoms with E-state index in [4.69, 9.17) is 4.84 Å². The van der Waals surface area contributed by atoms with E-state index in [9.17, 15) is 38.4 Å². The summed E-state index contributed by atoms with van der Waals surface area (Å²) in [4.78, 5) is 78.8. The number of imide groups is 2. The third-order valence-corrected chi connectivity index (χ3v) is 9.67. The Morgan fingerprint density at radius 1 is 0.868 bits per heavy atom. The summed E-state index contributed by atoms with van der Waals surface area (Å²) in [6, 6.07) is 0. The number of hydrogen-bond acceptors (Lipinski definition) is 9. The highest BCUT2D eigenvalue weighted by atomic mass is 31.2. The SMILES string of the molecule is CN(CCC(=O)ON1C(=O)CCC1O)P(=O)(N(C)CCN1C(=O)C=CC1=O)N(C)CCN1C(=O)C=CC1=O. The van der Waals surface area contributed by atoms with Crippen LogP contribution in [0.4, 0.5) is 0 Å². The largest absolute Gasteiger partial charge is 0.370 e. The Bertz CT molecular complexity index is 1030. The molecule has 3 rings (SSSR count). The van der Waals surface area contributed by atoms with Crippen LogP contribution in [-0.4, -0.2) is 130 Å². The number of nitrogens with zero attached hydrogens (tertiary/aromatic N) is 6. The van der Waals surface area contributed by atoms with E-state index < -0.39 is 49.3 Å². The number of hydrogen-bond donors (Lipinski definition) is 1. The standard InChI is InChI=1S/C22H31N6O9P/c1-23(11-10-22(35)37-28-20(33)8-9-21(28)34)38(36,24(2)12-14-26-16(29)4-5-17(26)30)25(3)13-15-27-18(31)6-7-19(27)32/h4-7,20,33H,8-15H2,1-3H3. The van der Waals surface area contributed by atoms with Crippen molar-refractivity contribution in [3.8, 4) is 0 Å². The molecule has 208 valence electrons. The van der Waals surface area contributed by atoms with Gasteiger partial charge in [-0.15, -0.1) is 5.06 Å². The number of carbonyl (C=O) groups is 6. The Balaban J connectivity index is 1.68. The quantitative estimate of drug-likeness (QED) is 0.208. The second-order valence-corrected chi connectivity index (χ2v) is 12.0. The lowest BCUT2D eigenvalue weighted by molar-refractivity contribution is -0.220. The molecular weight excluding hydrogens is 523 g/mol. The lowest BCUT2D eigenvalue weighted by Gasteiger charge is -2.41. The second-order valence-electron chi connectivity index (χ2n) is 8.93. The number of rotatable bonds is 13. The van der Waals surface area contributed by atoms with Crippen LogP contribution >= 0.6 is 7.59 Å². The van der Waals surface area contributed by atoms with Gasteiger partial charge in [-0.3, -0.25) is 38.3 Å². The molecule has 1 saturated heterocycles.